The van der Waals surface area contributed by atoms with Crippen molar-refractivity contribution >= 4 is 10.1 Å². The molecule has 0 bridgehead atoms. The maximum absolute atomic E-state index is 10.8. The van der Waals surface area contributed by atoms with Crippen molar-refractivity contribution in [2.45, 2.75) is 11.3 Å². The van der Waals surface area contributed by atoms with Gasteiger partial charge in [-0.25, -0.2) is 0 Å². The van der Waals surface area contributed by atoms with Crippen molar-refractivity contribution in [2.24, 2.45) is 0 Å². The lowest BCUT2D eigenvalue weighted by molar-refractivity contribution is 0.481. The maximum Gasteiger partial charge on any atom is 0.296 e. The maximum atomic E-state index is 10.8. The molecule has 0 aliphatic heterocycles. The Hall–Kier alpha value is -1.20. The minimum absolute atomic E-state index is 0.157. The lowest BCUT2D eigenvalue weighted by Crippen LogP contribution is -2.04. The molecule has 0 fully saturated rings. The van der Waals surface area contributed by atoms with Crippen LogP contribution in [-0.4, -0.2) is 18.0 Å². The summed E-state index contributed by atoms with van der Waals surface area (Å²) in [7, 11) is -4.17. The van der Waals surface area contributed by atoms with Crippen molar-refractivity contribution in [1.82, 2.24) is 4.98 Å². The fraction of sp³-hybridized carbons (Fsp3) is 0.125. The fourth-order valence-corrected chi connectivity index (χ4v) is 1.63. The summed E-state index contributed by atoms with van der Waals surface area (Å²) in [6.07, 6.45) is 3.31. The van der Waals surface area contributed by atoms with Crippen molar-refractivity contribution in [2.75, 3.05) is 0 Å². The monoisotopic (exact) mass is 199 g/mol. The molecule has 0 aromatic carbocycles. The summed E-state index contributed by atoms with van der Waals surface area (Å²) in [4.78, 5) is 3.67. The van der Waals surface area contributed by atoms with Crippen LogP contribution in [0.25, 0.3) is 0 Å². The molecule has 13 heavy (non-hydrogen) atoms. The van der Waals surface area contributed by atoms with Crippen molar-refractivity contribution in [3.05, 3.63) is 36.7 Å². The van der Waals surface area contributed by atoms with Crippen LogP contribution in [0.4, 0.5) is 0 Å². The van der Waals surface area contributed by atoms with E-state index < -0.39 is 10.1 Å². The van der Waals surface area contributed by atoms with Gasteiger partial charge in [-0.1, -0.05) is 6.08 Å². The zero-order chi connectivity index (χ0) is 9.90. The first-order chi connectivity index (χ1) is 6.05. The molecule has 70 valence electrons. The summed E-state index contributed by atoms with van der Waals surface area (Å²) in [6.45, 7) is 3.46. The fourth-order valence-electron chi connectivity index (χ4n) is 0.948. The second-order valence-electron chi connectivity index (χ2n) is 2.42. The Balaban J connectivity index is 3.28. The standard InChI is InChI=1S/C8H9NO3S/c1-2-4-7-8(13(10,11)12)5-3-6-9-7/h2-3,5-6H,1,4H2,(H,10,11,12). The number of hydrogen-bond donors (Lipinski definition) is 1. The summed E-state index contributed by atoms with van der Waals surface area (Å²) in [6, 6.07) is 2.76. The van der Waals surface area contributed by atoms with Gasteiger partial charge in [0, 0.05) is 12.6 Å². The minimum Gasteiger partial charge on any atom is -0.282 e. The highest BCUT2D eigenvalue weighted by atomic mass is 32.2. The molecular weight excluding hydrogens is 190 g/mol. The average molecular weight is 199 g/mol. The van der Waals surface area contributed by atoms with Crippen molar-refractivity contribution < 1.29 is 13.0 Å². The first kappa shape index (κ1) is 9.88. The summed E-state index contributed by atoms with van der Waals surface area (Å²) in [5.74, 6) is 0. The number of hydrogen-bond acceptors (Lipinski definition) is 3. The van der Waals surface area contributed by atoms with Gasteiger partial charge < -0.3 is 0 Å². The molecule has 0 radical (unpaired) electrons. The summed E-state index contributed by atoms with van der Waals surface area (Å²) >= 11 is 0. The Labute approximate surface area is 76.7 Å². The zero-order valence-corrected chi connectivity index (χ0v) is 7.66. The third-order valence-electron chi connectivity index (χ3n) is 1.46. The quantitative estimate of drug-likeness (QED) is 0.583. The van der Waals surface area contributed by atoms with Gasteiger partial charge in [-0.05, 0) is 12.1 Å². The smallest absolute Gasteiger partial charge is 0.282 e. The lowest BCUT2D eigenvalue weighted by atomic mass is 10.3. The Bertz CT molecular complexity index is 411. The summed E-state index contributed by atoms with van der Waals surface area (Å²) in [5, 5.41) is 0. The predicted molar refractivity (Wildman–Crippen MR) is 48.0 cm³/mol. The number of allylic oxidation sites excluding steroid dienone is 1. The molecule has 0 amide bonds. The molecule has 0 aliphatic carbocycles. The van der Waals surface area contributed by atoms with Gasteiger partial charge in [-0.15, -0.1) is 6.58 Å². The van der Waals surface area contributed by atoms with Crippen LogP contribution < -0.4 is 0 Å². The molecule has 0 aliphatic rings. The average Bonchev–Trinajstić information content (AvgIpc) is 2.04. The van der Waals surface area contributed by atoms with Gasteiger partial charge in [0.15, 0.2) is 0 Å². The first-order valence-corrected chi connectivity index (χ1v) is 5.02. The van der Waals surface area contributed by atoms with Crippen LogP contribution >= 0.6 is 0 Å². The van der Waals surface area contributed by atoms with Gasteiger partial charge in [0.2, 0.25) is 0 Å². The van der Waals surface area contributed by atoms with Gasteiger partial charge >= 0.3 is 0 Å². The first-order valence-electron chi connectivity index (χ1n) is 3.58. The van der Waals surface area contributed by atoms with E-state index >= 15 is 0 Å². The van der Waals surface area contributed by atoms with Crippen molar-refractivity contribution in [1.29, 1.82) is 0 Å². The zero-order valence-electron chi connectivity index (χ0n) is 6.84. The van der Waals surface area contributed by atoms with E-state index in [1.165, 1.54) is 24.4 Å². The van der Waals surface area contributed by atoms with Crippen molar-refractivity contribution in [3.8, 4) is 0 Å². The minimum atomic E-state index is -4.17. The lowest BCUT2D eigenvalue weighted by Gasteiger charge is -2.01. The molecule has 0 unspecified atom stereocenters. The molecule has 1 aromatic heterocycles. The molecule has 1 N–H and O–H groups in total. The van der Waals surface area contributed by atoms with E-state index in [1.807, 2.05) is 0 Å². The molecule has 0 atom stereocenters. The Morgan fingerprint density at radius 1 is 1.62 bits per heavy atom. The Kier molecular flexibility index (Phi) is 2.79. The van der Waals surface area contributed by atoms with E-state index in [1.54, 1.807) is 0 Å². The second-order valence-corrected chi connectivity index (χ2v) is 3.81. The molecule has 1 heterocycles. The van der Waals surface area contributed by atoms with Crippen LogP contribution in [0, 0.1) is 0 Å². The summed E-state index contributed by atoms with van der Waals surface area (Å²) < 4.78 is 30.4. The van der Waals surface area contributed by atoms with Crippen LogP contribution in [0.5, 0.6) is 0 Å². The second kappa shape index (κ2) is 3.68. The highest BCUT2D eigenvalue weighted by Crippen LogP contribution is 2.12. The third-order valence-corrected chi connectivity index (χ3v) is 2.39. The van der Waals surface area contributed by atoms with E-state index in [9.17, 15) is 8.42 Å². The number of rotatable bonds is 3. The van der Waals surface area contributed by atoms with Crippen LogP contribution in [0.15, 0.2) is 35.9 Å². The number of pyridine rings is 1. The van der Waals surface area contributed by atoms with Crippen LogP contribution in [0.1, 0.15) is 5.69 Å². The molecule has 1 rings (SSSR count). The topological polar surface area (TPSA) is 67.3 Å². The highest BCUT2D eigenvalue weighted by Gasteiger charge is 2.14. The molecule has 0 saturated heterocycles. The molecule has 1 aromatic rings. The van der Waals surface area contributed by atoms with Gasteiger partial charge in [0.25, 0.3) is 10.1 Å². The SMILES string of the molecule is C=CCc1ncccc1S(=O)(=O)O. The molecule has 0 spiro atoms. The Morgan fingerprint density at radius 2 is 2.31 bits per heavy atom. The van der Waals surface area contributed by atoms with E-state index in [0.717, 1.165) is 0 Å². The van der Waals surface area contributed by atoms with Crippen LogP contribution in [0.3, 0.4) is 0 Å². The molecule has 0 saturated carbocycles. The van der Waals surface area contributed by atoms with Crippen molar-refractivity contribution in [3.63, 3.8) is 0 Å². The molecule has 5 heteroatoms. The van der Waals surface area contributed by atoms with Crippen LogP contribution in [-0.2, 0) is 16.5 Å². The van der Waals surface area contributed by atoms with Gasteiger partial charge in [-0.2, -0.15) is 8.42 Å². The normalized spacial score (nSPS) is 11.2. The largest absolute Gasteiger partial charge is 0.296 e. The van der Waals surface area contributed by atoms with Crippen LogP contribution in [0.2, 0.25) is 0 Å². The van der Waals surface area contributed by atoms with E-state index in [2.05, 4.69) is 11.6 Å². The van der Waals surface area contributed by atoms with E-state index in [4.69, 9.17) is 4.55 Å². The molecule has 4 nitrogen and oxygen atoms in total. The number of nitrogens with zero attached hydrogens (tertiary/aromatic N) is 1. The third kappa shape index (κ3) is 2.37. The van der Waals surface area contributed by atoms with Gasteiger partial charge in [0.05, 0.1) is 5.69 Å². The predicted octanol–water partition coefficient (Wildman–Crippen LogP) is 1.06. The summed E-state index contributed by atoms with van der Waals surface area (Å²) in [5.41, 5.74) is 0.306. The van der Waals surface area contributed by atoms with E-state index in [-0.39, 0.29) is 4.90 Å². The Morgan fingerprint density at radius 3 is 2.85 bits per heavy atom. The van der Waals surface area contributed by atoms with Gasteiger partial charge in [-0.3, -0.25) is 9.54 Å². The van der Waals surface area contributed by atoms with Gasteiger partial charge in [0.1, 0.15) is 4.90 Å². The van der Waals surface area contributed by atoms with E-state index in [0.29, 0.717) is 12.1 Å². The highest BCUT2D eigenvalue weighted by molar-refractivity contribution is 7.85. The number of aromatic nitrogens is 1. The molecular formula is C8H9NO3S.